The average Bonchev–Trinajstić information content (AvgIpc) is 2.75. The summed E-state index contributed by atoms with van der Waals surface area (Å²) in [6.45, 7) is 8.92. The number of carbonyl (C=O) groups is 1. The first-order chi connectivity index (χ1) is 15.0. The molecule has 0 spiro atoms. The summed E-state index contributed by atoms with van der Waals surface area (Å²) in [5, 5.41) is 6.29. The van der Waals surface area contributed by atoms with Crippen molar-refractivity contribution in [3.05, 3.63) is 71.0 Å². The highest BCUT2D eigenvalue weighted by atomic mass is 16.5. The van der Waals surface area contributed by atoms with Gasteiger partial charge in [0, 0.05) is 36.1 Å². The number of benzene rings is 2. The number of anilines is 4. The number of ether oxygens (including phenoxy) is 1. The van der Waals surface area contributed by atoms with Gasteiger partial charge in [-0.15, -0.1) is 0 Å². The van der Waals surface area contributed by atoms with Gasteiger partial charge in [0.15, 0.2) is 0 Å². The van der Waals surface area contributed by atoms with Gasteiger partial charge in [0.2, 0.25) is 0 Å². The van der Waals surface area contributed by atoms with Gasteiger partial charge in [0.1, 0.15) is 17.5 Å². The van der Waals surface area contributed by atoms with E-state index in [-0.39, 0.29) is 5.91 Å². The van der Waals surface area contributed by atoms with Crippen molar-refractivity contribution in [3.63, 3.8) is 0 Å². The van der Waals surface area contributed by atoms with Gasteiger partial charge >= 0.3 is 0 Å². The molecule has 0 atom stereocenters. The molecular formula is C24H27N5O2. The number of carbonyl (C=O) groups excluding carboxylic acids is 1. The first-order valence-electron chi connectivity index (χ1n) is 10.4. The van der Waals surface area contributed by atoms with Crippen LogP contribution >= 0.6 is 0 Å². The fraction of sp³-hybridized carbons (Fsp3) is 0.292. The van der Waals surface area contributed by atoms with Gasteiger partial charge in [-0.25, -0.2) is 9.97 Å². The molecule has 7 heteroatoms. The van der Waals surface area contributed by atoms with E-state index in [9.17, 15) is 4.79 Å². The summed E-state index contributed by atoms with van der Waals surface area (Å²) in [6.07, 6.45) is 0. The molecule has 31 heavy (non-hydrogen) atoms. The molecule has 0 radical (unpaired) electrons. The quantitative estimate of drug-likeness (QED) is 0.647. The van der Waals surface area contributed by atoms with Crippen LogP contribution in [-0.2, 0) is 4.74 Å². The van der Waals surface area contributed by atoms with Crippen LogP contribution in [0, 0.1) is 20.8 Å². The second-order valence-corrected chi connectivity index (χ2v) is 7.73. The molecule has 1 aliphatic rings. The largest absolute Gasteiger partial charge is 0.378 e. The first kappa shape index (κ1) is 20.8. The monoisotopic (exact) mass is 417 g/mol. The highest BCUT2D eigenvalue weighted by molar-refractivity contribution is 6.05. The van der Waals surface area contributed by atoms with Crippen LogP contribution in [0.25, 0.3) is 0 Å². The number of nitrogens with one attached hydrogen (secondary N) is 2. The molecule has 1 amide bonds. The van der Waals surface area contributed by atoms with Gasteiger partial charge in [-0.05, 0) is 56.7 Å². The van der Waals surface area contributed by atoms with Gasteiger partial charge in [0.05, 0.1) is 13.2 Å². The van der Waals surface area contributed by atoms with Crippen molar-refractivity contribution in [2.24, 2.45) is 0 Å². The smallest absolute Gasteiger partial charge is 0.255 e. The molecule has 160 valence electrons. The van der Waals surface area contributed by atoms with Crippen LogP contribution in [0.4, 0.5) is 23.0 Å². The van der Waals surface area contributed by atoms with Crippen LogP contribution in [0.3, 0.4) is 0 Å². The van der Waals surface area contributed by atoms with Crippen molar-refractivity contribution < 1.29 is 9.53 Å². The Kier molecular flexibility index (Phi) is 6.13. The summed E-state index contributed by atoms with van der Waals surface area (Å²) in [7, 11) is 0. The van der Waals surface area contributed by atoms with E-state index >= 15 is 0 Å². The molecule has 0 unspecified atom stereocenters. The maximum Gasteiger partial charge on any atom is 0.255 e. The third-order valence-electron chi connectivity index (χ3n) is 5.20. The zero-order valence-corrected chi connectivity index (χ0v) is 18.1. The topological polar surface area (TPSA) is 79.4 Å². The van der Waals surface area contributed by atoms with Crippen molar-refractivity contribution in [2.75, 3.05) is 41.8 Å². The summed E-state index contributed by atoms with van der Waals surface area (Å²) in [6, 6.07) is 15.4. The average molecular weight is 418 g/mol. The summed E-state index contributed by atoms with van der Waals surface area (Å²) < 4.78 is 5.43. The Bertz CT molecular complexity index is 1080. The number of hydrogen-bond donors (Lipinski definition) is 2. The molecule has 0 saturated carbocycles. The van der Waals surface area contributed by atoms with Gasteiger partial charge in [-0.3, -0.25) is 4.79 Å². The predicted octanol–water partition coefficient (Wildman–Crippen LogP) is 4.23. The van der Waals surface area contributed by atoms with Crippen LogP contribution in [0.1, 0.15) is 27.3 Å². The highest BCUT2D eigenvalue weighted by Crippen LogP contribution is 2.22. The van der Waals surface area contributed by atoms with Crippen molar-refractivity contribution in [1.82, 2.24) is 9.97 Å². The van der Waals surface area contributed by atoms with Gasteiger partial charge in [0.25, 0.3) is 5.91 Å². The molecule has 3 aromatic rings. The lowest BCUT2D eigenvalue weighted by atomic mass is 10.1. The molecule has 4 rings (SSSR count). The molecule has 1 aromatic heterocycles. The van der Waals surface area contributed by atoms with Crippen LogP contribution < -0.4 is 15.5 Å². The molecule has 1 aliphatic heterocycles. The zero-order chi connectivity index (χ0) is 21.8. The first-order valence-corrected chi connectivity index (χ1v) is 10.4. The van der Waals surface area contributed by atoms with E-state index in [0.717, 1.165) is 47.2 Å². The minimum atomic E-state index is -0.111. The second-order valence-electron chi connectivity index (χ2n) is 7.73. The number of rotatable bonds is 5. The lowest BCUT2D eigenvalue weighted by molar-refractivity contribution is 0.102. The van der Waals surface area contributed by atoms with E-state index in [1.807, 2.05) is 69.3 Å². The van der Waals surface area contributed by atoms with Crippen molar-refractivity contribution in [1.29, 1.82) is 0 Å². The number of morpholine rings is 1. The third kappa shape index (κ3) is 5.19. The summed E-state index contributed by atoms with van der Waals surface area (Å²) in [5.74, 6) is 2.24. The number of aryl methyl sites for hydroxylation is 3. The van der Waals surface area contributed by atoms with Gasteiger partial charge in [-0.2, -0.15) is 0 Å². The molecule has 7 nitrogen and oxygen atoms in total. The molecular weight excluding hydrogens is 390 g/mol. The van der Waals surface area contributed by atoms with E-state index in [4.69, 9.17) is 4.74 Å². The van der Waals surface area contributed by atoms with E-state index in [0.29, 0.717) is 24.6 Å². The minimum absolute atomic E-state index is 0.111. The number of aromatic nitrogens is 2. The van der Waals surface area contributed by atoms with Crippen LogP contribution in [0.15, 0.2) is 48.5 Å². The molecule has 2 heterocycles. The van der Waals surface area contributed by atoms with E-state index in [1.54, 1.807) is 0 Å². The Morgan fingerprint density at radius 2 is 1.65 bits per heavy atom. The van der Waals surface area contributed by atoms with E-state index in [2.05, 4.69) is 25.5 Å². The van der Waals surface area contributed by atoms with Crippen LogP contribution in [0.5, 0.6) is 0 Å². The maximum atomic E-state index is 12.6. The third-order valence-corrected chi connectivity index (χ3v) is 5.20. The summed E-state index contributed by atoms with van der Waals surface area (Å²) in [5.41, 5.74) is 4.41. The molecule has 1 fully saturated rings. The fourth-order valence-corrected chi connectivity index (χ4v) is 3.62. The van der Waals surface area contributed by atoms with Gasteiger partial charge < -0.3 is 20.3 Å². The summed E-state index contributed by atoms with van der Waals surface area (Å²) >= 11 is 0. The molecule has 0 aliphatic carbocycles. The minimum Gasteiger partial charge on any atom is -0.378 e. The van der Waals surface area contributed by atoms with E-state index in [1.165, 1.54) is 0 Å². The fourth-order valence-electron chi connectivity index (χ4n) is 3.62. The number of nitrogens with zero attached hydrogens (tertiary/aromatic N) is 3. The molecule has 0 bridgehead atoms. The predicted molar refractivity (Wildman–Crippen MR) is 123 cm³/mol. The van der Waals surface area contributed by atoms with E-state index < -0.39 is 0 Å². The molecule has 2 N–H and O–H groups in total. The normalized spacial score (nSPS) is 13.7. The Morgan fingerprint density at radius 3 is 2.35 bits per heavy atom. The standard InChI is InChI=1S/C24H27N5O2/c1-16-4-9-21(17(2)14-16)24(30)28-20-7-5-19(6-8-20)27-22-15-23(26-18(3)25-22)29-10-12-31-13-11-29/h4-9,14-15H,10-13H2,1-3H3,(H,28,30)(H,25,26,27). The number of amides is 1. The van der Waals surface area contributed by atoms with Crippen LogP contribution in [0.2, 0.25) is 0 Å². The Balaban J connectivity index is 1.44. The zero-order valence-electron chi connectivity index (χ0n) is 18.1. The number of hydrogen-bond acceptors (Lipinski definition) is 6. The van der Waals surface area contributed by atoms with Crippen LogP contribution in [-0.4, -0.2) is 42.2 Å². The second kappa shape index (κ2) is 9.14. The Morgan fingerprint density at radius 1 is 0.935 bits per heavy atom. The maximum absolute atomic E-state index is 12.6. The van der Waals surface area contributed by atoms with Crippen molar-refractivity contribution in [3.8, 4) is 0 Å². The Hall–Kier alpha value is -3.45. The molecule has 1 saturated heterocycles. The van der Waals surface area contributed by atoms with Crippen molar-refractivity contribution in [2.45, 2.75) is 20.8 Å². The lowest BCUT2D eigenvalue weighted by Crippen LogP contribution is -2.36. The summed E-state index contributed by atoms with van der Waals surface area (Å²) in [4.78, 5) is 23.9. The SMILES string of the molecule is Cc1ccc(C(=O)Nc2ccc(Nc3cc(N4CCOCC4)nc(C)n3)cc2)c(C)c1. The lowest BCUT2D eigenvalue weighted by Gasteiger charge is -2.28. The molecule has 2 aromatic carbocycles. The van der Waals surface area contributed by atoms with Crippen molar-refractivity contribution >= 4 is 28.9 Å². The Labute approximate surface area is 182 Å². The van der Waals surface area contributed by atoms with Gasteiger partial charge in [-0.1, -0.05) is 17.7 Å². The highest BCUT2D eigenvalue weighted by Gasteiger charge is 2.14.